The Morgan fingerprint density at radius 1 is 0.310 bits per heavy atom. The molecule has 0 N–H and O–H groups in total. The number of furan rings is 2. The van der Waals surface area contributed by atoms with E-state index in [-0.39, 0.29) is 18.8 Å². The van der Waals surface area contributed by atoms with Crippen LogP contribution in [-0.4, -0.2) is 13.4 Å². The van der Waals surface area contributed by atoms with E-state index in [2.05, 4.69) is 301 Å². The summed E-state index contributed by atoms with van der Waals surface area (Å²) in [5, 5.41) is 4.43. The lowest BCUT2D eigenvalue weighted by Crippen LogP contribution is -2.65. The molecule has 84 heavy (non-hydrogen) atoms. The maximum Gasteiger partial charge on any atom is 0.252 e. The molecule has 2 aromatic heterocycles. The second kappa shape index (κ2) is 17.5. The van der Waals surface area contributed by atoms with Gasteiger partial charge in [0.15, 0.2) is 0 Å². The molecule has 6 nitrogen and oxygen atoms in total. The Kier molecular flexibility index (Phi) is 9.86. The van der Waals surface area contributed by atoms with Crippen molar-refractivity contribution in [2.45, 2.75) is 26.2 Å². The van der Waals surface area contributed by atoms with Crippen LogP contribution in [0.5, 0.6) is 0 Å². The van der Waals surface area contributed by atoms with E-state index in [1.165, 1.54) is 38.3 Å². The van der Waals surface area contributed by atoms with Gasteiger partial charge in [0.25, 0.3) is 13.4 Å². The average molecular weight is 1070 g/mol. The van der Waals surface area contributed by atoms with Crippen LogP contribution < -0.4 is 52.4 Å². The summed E-state index contributed by atoms with van der Waals surface area (Å²) in [5.74, 6) is 0. The summed E-state index contributed by atoms with van der Waals surface area (Å²) in [5.41, 5.74) is 27.7. The van der Waals surface area contributed by atoms with Crippen molar-refractivity contribution in [2.24, 2.45) is 0 Å². The Morgan fingerprint density at radius 2 is 0.762 bits per heavy atom. The van der Waals surface area contributed by atoms with E-state index in [4.69, 9.17) is 8.83 Å². The molecular formula is C76H52B2N4O2. The second-order valence-corrected chi connectivity index (χ2v) is 23.9. The van der Waals surface area contributed by atoms with Gasteiger partial charge in [-0.25, -0.2) is 0 Å². The molecule has 0 bridgehead atoms. The third kappa shape index (κ3) is 6.59. The minimum absolute atomic E-state index is 0.0834. The number of anilines is 12. The van der Waals surface area contributed by atoms with E-state index in [0.29, 0.717) is 0 Å². The third-order valence-corrected chi connectivity index (χ3v) is 18.3. The van der Waals surface area contributed by atoms with Gasteiger partial charge in [-0.2, -0.15) is 0 Å². The zero-order chi connectivity index (χ0) is 55.5. The molecule has 0 unspecified atom stereocenters. The Hall–Kier alpha value is -10.4. The van der Waals surface area contributed by atoms with Gasteiger partial charge < -0.3 is 28.4 Å². The minimum Gasteiger partial charge on any atom is -0.456 e. The molecule has 12 aromatic carbocycles. The van der Waals surface area contributed by atoms with Gasteiger partial charge in [0, 0.05) is 79.7 Å². The normalized spacial score (nSPS) is 13.8. The highest BCUT2D eigenvalue weighted by Gasteiger charge is 2.50. The van der Waals surface area contributed by atoms with Crippen molar-refractivity contribution >= 4 is 158 Å². The molecule has 4 aliphatic rings. The van der Waals surface area contributed by atoms with Crippen LogP contribution in [0.2, 0.25) is 0 Å². The maximum atomic E-state index is 7.19. The standard InChI is InChI=1S/C76H52B2N4O2/c1-76(2,3)48-40-41-67-54(42-48)71-69(84-67)45-64-72-75(71)81(51-30-14-7-15-31-51)61-38-22-18-34-55(61)77(72)57-43-58-63(44-62(57)79(64)49-26-10-5-11-27-49)82(59-36-20-16-32-52(59)47-24-8-4-9-25-47)65-46-68-70(53-33-17-23-39-66(53)83-68)74-73(65)78(58)56-35-19-21-37-60(56)80(74)50-28-12-6-13-29-50/h4-46H,1-3H3. The topological polar surface area (TPSA) is 39.2 Å². The number of hydrogen-bond acceptors (Lipinski definition) is 6. The van der Waals surface area contributed by atoms with Gasteiger partial charge >= 0.3 is 0 Å². The smallest absolute Gasteiger partial charge is 0.252 e. The van der Waals surface area contributed by atoms with Crippen molar-refractivity contribution < 1.29 is 8.83 Å². The molecule has 0 fully saturated rings. The van der Waals surface area contributed by atoms with Gasteiger partial charge in [-0.3, -0.25) is 0 Å². The quantitative estimate of drug-likeness (QED) is 0.160. The largest absolute Gasteiger partial charge is 0.456 e. The van der Waals surface area contributed by atoms with E-state index in [0.717, 1.165) is 123 Å². The van der Waals surface area contributed by atoms with E-state index in [1.807, 2.05) is 0 Å². The highest BCUT2D eigenvalue weighted by Crippen LogP contribution is 2.54. The number of rotatable bonds is 5. The fourth-order valence-electron chi connectivity index (χ4n) is 14.8. The minimum atomic E-state index is -0.188. The lowest BCUT2D eigenvalue weighted by molar-refractivity contribution is 0.590. The number of para-hydroxylation sites is 7. The first-order valence-corrected chi connectivity index (χ1v) is 29.2. The van der Waals surface area contributed by atoms with E-state index in [9.17, 15) is 0 Å². The predicted octanol–water partition coefficient (Wildman–Crippen LogP) is 16.6. The fraction of sp³-hybridized carbons (Fsp3) is 0.0526. The Balaban J connectivity index is 1.02. The van der Waals surface area contributed by atoms with Gasteiger partial charge in [-0.1, -0.05) is 191 Å². The zero-order valence-electron chi connectivity index (χ0n) is 46.6. The SMILES string of the molecule is CC(C)(C)c1ccc2oc3cc4c5c(c3c2c1)N(c1ccccc1)c1ccccc1B5c1cc2c(cc1N4c1ccccc1)N(c1ccccc1-c1ccccc1)c1cc3oc4ccccc4c3c3c1B2c1ccccc1N3c1ccccc1. The van der Waals surface area contributed by atoms with Gasteiger partial charge in [0.05, 0.1) is 27.8 Å². The lowest BCUT2D eigenvalue weighted by atomic mass is 9.30. The first-order chi connectivity index (χ1) is 41.4. The molecule has 0 aliphatic carbocycles. The molecule has 0 atom stereocenters. The number of hydrogen-bond donors (Lipinski definition) is 0. The summed E-state index contributed by atoms with van der Waals surface area (Å²) in [4.78, 5) is 10.1. The van der Waals surface area contributed by atoms with E-state index in [1.54, 1.807) is 0 Å². The molecule has 14 aromatic rings. The molecule has 6 heterocycles. The maximum absolute atomic E-state index is 7.19. The molecular weight excluding hydrogens is 1020 g/mol. The highest BCUT2D eigenvalue weighted by molar-refractivity contribution is 7.03. The number of fused-ring (bicyclic) bond motifs is 16. The molecule has 0 saturated heterocycles. The van der Waals surface area contributed by atoms with Gasteiger partial charge in [-0.15, -0.1) is 0 Å². The fourth-order valence-corrected chi connectivity index (χ4v) is 14.8. The van der Waals surface area contributed by atoms with Crippen molar-refractivity contribution in [1.82, 2.24) is 0 Å². The average Bonchev–Trinajstić information content (AvgIpc) is 1.26. The second-order valence-electron chi connectivity index (χ2n) is 23.9. The molecule has 394 valence electrons. The predicted molar refractivity (Wildman–Crippen MR) is 353 cm³/mol. The summed E-state index contributed by atoms with van der Waals surface area (Å²) in [7, 11) is 0. The number of benzene rings is 12. The van der Waals surface area contributed by atoms with Gasteiger partial charge in [0.1, 0.15) is 22.3 Å². The molecule has 0 radical (unpaired) electrons. The summed E-state index contributed by atoms with van der Waals surface area (Å²) in [6.07, 6.45) is 0. The highest BCUT2D eigenvalue weighted by atomic mass is 16.3. The Morgan fingerprint density at radius 3 is 1.35 bits per heavy atom. The molecule has 0 saturated carbocycles. The van der Waals surface area contributed by atoms with Crippen LogP contribution in [0, 0.1) is 0 Å². The van der Waals surface area contributed by atoms with Gasteiger partial charge in [0.2, 0.25) is 0 Å². The van der Waals surface area contributed by atoms with E-state index >= 15 is 0 Å². The van der Waals surface area contributed by atoms with Crippen molar-refractivity contribution in [3.8, 4) is 11.1 Å². The number of nitrogens with zero attached hydrogens (tertiary/aromatic N) is 4. The van der Waals surface area contributed by atoms with Gasteiger partial charge in [-0.05, 0) is 128 Å². The molecule has 0 spiro atoms. The van der Waals surface area contributed by atoms with Crippen molar-refractivity contribution in [1.29, 1.82) is 0 Å². The van der Waals surface area contributed by atoms with Crippen LogP contribution in [0.25, 0.3) is 55.0 Å². The van der Waals surface area contributed by atoms with Crippen LogP contribution in [0.3, 0.4) is 0 Å². The monoisotopic (exact) mass is 1070 g/mol. The van der Waals surface area contributed by atoms with Crippen LogP contribution in [0.1, 0.15) is 26.3 Å². The van der Waals surface area contributed by atoms with Crippen LogP contribution >= 0.6 is 0 Å². The third-order valence-electron chi connectivity index (χ3n) is 18.3. The lowest BCUT2D eigenvalue weighted by Gasteiger charge is -2.47. The molecule has 18 rings (SSSR count). The molecule has 4 aliphatic heterocycles. The zero-order valence-corrected chi connectivity index (χ0v) is 46.6. The summed E-state index contributed by atoms with van der Waals surface area (Å²) < 4.78 is 14.3. The Bertz CT molecular complexity index is 5050. The molecule has 0 amide bonds. The summed E-state index contributed by atoms with van der Waals surface area (Å²) in [6, 6.07) is 96.2. The van der Waals surface area contributed by atoms with Crippen molar-refractivity contribution in [2.75, 3.05) is 19.6 Å². The van der Waals surface area contributed by atoms with Crippen LogP contribution in [0.4, 0.5) is 68.2 Å². The molecule has 8 heteroatoms. The summed E-state index contributed by atoms with van der Waals surface area (Å²) in [6.45, 7) is 6.52. The first kappa shape index (κ1) is 47.2. The van der Waals surface area contributed by atoms with Crippen molar-refractivity contribution in [3.63, 3.8) is 0 Å². The van der Waals surface area contributed by atoms with Crippen molar-refractivity contribution in [3.05, 3.63) is 266 Å². The van der Waals surface area contributed by atoms with E-state index < -0.39 is 0 Å². The Labute approximate surface area is 487 Å². The van der Waals surface area contributed by atoms with Crippen LogP contribution in [-0.2, 0) is 5.41 Å². The first-order valence-electron chi connectivity index (χ1n) is 29.2. The summed E-state index contributed by atoms with van der Waals surface area (Å²) >= 11 is 0. The van der Waals surface area contributed by atoms with Crippen LogP contribution in [0.15, 0.2) is 270 Å².